The van der Waals surface area contributed by atoms with Gasteiger partial charge in [-0.3, -0.25) is 4.79 Å². The van der Waals surface area contributed by atoms with Crippen LogP contribution in [0.5, 0.6) is 0 Å². The summed E-state index contributed by atoms with van der Waals surface area (Å²) in [5, 5.41) is 9.94. The van der Waals surface area contributed by atoms with Crippen LogP contribution in [0.3, 0.4) is 0 Å². The van der Waals surface area contributed by atoms with E-state index in [9.17, 15) is 23.1 Å². The van der Waals surface area contributed by atoms with Crippen molar-refractivity contribution in [2.45, 2.75) is 25.1 Å². The molecule has 0 aliphatic heterocycles. The lowest BCUT2D eigenvalue weighted by Crippen LogP contribution is -2.43. The molecular weight excluding hydrogens is 257 g/mol. The standard InChI is InChI=1S/C11H10ClF3O2/c1-7(16)6-10(17,11(13,14)15)8-2-4-9(12)5-3-8/h2-5,17H,6H2,1H3/t10-/m1/s1. The van der Waals surface area contributed by atoms with E-state index in [1.54, 1.807) is 0 Å². The van der Waals surface area contributed by atoms with Gasteiger partial charge in [-0.1, -0.05) is 23.7 Å². The van der Waals surface area contributed by atoms with Crippen molar-refractivity contribution >= 4 is 17.4 Å². The molecule has 2 nitrogen and oxygen atoms in total. The molecule has 0 bridgehead atoms. The lowest BCUT2D eigenvalue weighted by molar-refractivity contribution is -0.267. The van der Waals surface area contributed by atoms with E-state index in [2.05, 4.69) is 0 Å². The summed E-state index contributed by atoms with van der Waals surface area (Å²) < 4.78 is 38.4. The molecule has 0 fully saturated rings. The van der Waals surface area contributed by atoms with Crippen molar-refractivity contribution in [3.05, 3.63) is 34.9 Å². The van der Waals surface area contributed by atoms with Crippen LogP contribution >= 0.6 is 11.6 Å². The molecular formula is C11H10ClF3O2. The average Bonchev–Trinajstić information content (AvgIpc) is 2.15. The van der Waals surface area contributed by atoms with Gasteiger partial charge in [-0.25, -0.2) is 0 Å². The van der Waals surface area contributed by atoms with E-state index in [0.717, 1.165) is 19.1 Å². The van der Waals surface area contributed by atoms with Crippen LogP contribution in [-0.2, 0) is 10.4 Å². The van der Waals surface area contributed by atoms with Crippen molar-refractivity contribution in [2.24, 2.45) is 0 Å². The van der Waals surface area contributed by atoms with Gasteiger partial charge in [-0.2, -0.15) is 13.2 Å². The first-order valence-corrected chi connectivity index (χ1v) is 5.09. The van der Waals surface area contributed by atoms with Gasteiger partial charge in [-0.05, 0) is 24.6 Å². The van der Waals surface area contributed by atoms with E-state index < -0.39 is 29.5 Å². The summed E-state index contributed by atoms with van der Waals surface area (Å²) in [5.74, 6) is -0.750. The minimum absolute atomic E-state index is 0.251. The van der Waals surface area contributed by atoms with Crippen LogP contribution in [0.2, 0.25) is 5.02 Å². The number of ketones is 1. The van der Waals surface area contributed by atoms with Gasteiger partial charge in [-0.15, -0.1) is 0 Å². The third-order valence-corrected chi connectivity index (χ3v) is 2.55. The van der Waals surface area contributed by atoms with Gasteiger partial charge in [0.1, 0.15) is 5.78 Å². The van der Waals surface area contributed by atoms with E-state index in [4.69, 9.17) is 11.6 Å². The fraction of sp³-hybridized carbons (Fsp3) is 0.364. The number of benzene rings is 1. The summed E-state index contributed by atoms with van der Waals surface area (Å²) in [5.41, 5.74) is -3.56. The normalized spacial score (nSPS) is 15.4. The number of Topliss-reactive ketones (excluding diaryl/α,β-unsaturated/α-hetero) is 1. The van der Waals surface area contributed by atoms with Crippen molar-refractivity contribution in [2.75, 3.05) is 0 Å². The molecule has 94 valence electrons. The number of alkyl halides is 3. The van der Waals surface area contributed by atoms with Crippen molar-refractivity contribution in [1.29, 1.82) is 0 Å². The maximum Gasteiger partial charge on any atom is 0.421 e. The van der Waals surface area contributed by atoms with E-state index in [1.807, 2.05) is 0 Å². The van der Waals surface area contributed by atoms with Crippen molar-refractivity contribution < 1.29 is 23.1 Å². The molecule has 17 heavy (non-hydrogen) atoms. The SMILES string of the molecule is CC(=O)C[C@@](O)(c1ccc(Cl)cc1)C(F)(F)F. The second-order valence-corrected chi connectivity index (χ2v) is 4.18. The topological polar surface area (TPSA) is 37.3 Å². The number of hydrogen-bond acceptors (Lipinski definition) is 2. The van der Waals surface area contributed by atoms with Gasteiger partial charge in [0.05, 0.1) is 0 Å². The quantitative estimate of drug-likeness (QED) is 0.913. The Labute approximate surface area is 101 Å². The first-order valence-electron chi connectivity index (χ1n) is 4.71. The summed E-state index contributed by atoms with van der Waals surface area (Å²) in [4.78, 5) is 10.9. The molecule has 1 aromatic rings. The molecule has 1 N–H and O–H groups in total. The first-order chi connectivity index (χ1) is 7.67. The second-order valence-electron chi connectivity index (χ2n) is 3.74. The molecule has 1 atom stereocenters. The van der Waals surface area contributed by atoms with Crippen LogP contribution in [0.25, 0.3) is 0 Å². The van der Waals surface area contributed by atoms with E-state index in [-0.39, 0.29) is 5.02 Å². The highest BCUT2D eigenvalue weighted by Gasteiger charge is 2.55. The molecule has 0 radical (unpaired) electrons. The fourth-order valence-electron chi connectivity index (χ4n) is 1.45. The Kier molecular flexibility index (Phi) is 3.84. The first kappa shape index (κ1) is 14.0. The summed E-state index contributed by atoms with van der Waals surface area (Å²) in [6.07, 6.45) is -5.94. The van der Waals surface area contributed by atoms with Gasteiger partial charge in [0.25, 0.3) is 0 Å². The highest BCUT2D eigenvalue weighted by atomic mass is 35.5. The minimum atomic E-state index is -4.92. The molecule has 0 saturated heterocycles. The Morgan fingerprint density at radius 2 is 1.76 bits per heavy atom. The molecule has 6 heteroatoms. The Morgan fingerprint density at radius 1 is 1.29 bits per heavy atom. The zero-order valence-electron chi connectivity index (χ0n) is 8.88. The summed E-state index contributed by atoms with van der Waals surface area (Å²) in [6.45, 7) is 0.993. The molecule has 1 rings (SSSR count). The van der Waals surface area contributed by atoms with Crippen LogP contribution < -0.4 is 0 Å². The van der Waals surface area contributed by atoms with Crippen LogP contribution in [0, 0.1) is 0 Å². The number of aliphatic hydroxyl groups is 1. The molecule has 0 spiro atoms. The Hall–Kier alpha value is -1.07. The average molecular weight is 267 g/mol. The highest BCUT2D eigenvalue weighted by molar-refractivity contribution is 6.30. The Bertz CT molecular complexity index is 414. The van der Waals surface area contributed by atoms with Gasteiger partial charge >= 0.3 is 6.18 Å². The van der Waals surface area contributed by atoms with E-state index in [0.29, 0.717) is 0 Å². The predicted octanol–water partition coefficient (Wildman–Crippen LogP) is 3.07. The maximum atomic E-state index is 12.8. The van der Waals surface area contributed by atoms with Crippen LogP contribution in [0.4, 0.5) is 13.2 Å². The molecule has 0 amide bonds. The zero-order chi connectivity index (χ0) is 13.3. The van der Waals surface area contributed by atoms with Crippen molar-refractivity contribution in [1.82, 2.24) is 0 Å². The van der Waals surface area contributed by atoms with Gasteiger partial charge in [0, 0.05) is 11.4 Å². The van der Waals surface area contributed by atoms with Crippen LogP contribution in [-0.4, -0.2) is 17.1 Å². The van der Waals surface area contributed by atoms with Crippen molar-refractivity contribution in [3.63, 3.8) is 0 Å². The second kappa shape index (κ2) is 4.66. The smallest absolute Gasteiger partial charge is 0.376 e. The Morgan fingerprint density at radius 3 is 2.12 bits per heavy atom. The predicted molar refractivity (Wildman–Crippen MR) is 56.7 cm³/mol. The number of rotatable bonds is 3. The fourth-order valence-corrected chi connectivity index (χ4v) is 1.58. The molecule has 0 aromatic heterocycles. The summed E-state index contributed by atoms with van der Waals surface area (Å²) >= 11 is 5.55. The monoisotopic (exact) mass is 266 g/mol. The largest absolute Gasteiger partial charge is 0.421 e. The molecule has 0 heterocycles. The summed E-state index contributed by atoms with van der Waals surface area (Å²) in [6, 6.07) is 4.57. The Balaban J connectivity index is 3.24. The lowest BCUT2D eigenvalue weighted by atomic mass is 9.88. The van der Waals surface area contributed by atoms with Gasteiger partial charge in [0.15, 0.2) is 5.60 Å². The van der Waals surface area contributed by atoms with Crippen molar-refractivity contribution in [3.8, 4) is 0 Å². The molecule has 0 aliphatic carbocycles. The maximum absolute atomic E-state index is 12.8. The molecule has 0 aliphatic rings. The highest BCUT2D eigenvalue weighted by Crippen LogP contribution is 2.41. The number of halogens is 4. The van der Waals surface area contributed by atoms with Gasteiger partial charge in [0.2, 0.25) is 0 Å². The van der Waals surface area contributed by atoms with Crippen LogP contribution in [0.1, 0.15) is 18.9 Å². The third-order valence-electron chi connectivity index (χ3n) is 2.30. The van der Waals surface area contributed by atoms with Crippen LogP contribution in [0.15, 0.2) is 24.3 Å². The zero-order valence-corrected chi connectivity index (χ0v) is 9.64. The molecule has 1 aromatic carbocycles. The third kappa shape index (κ3) is 2.98. The van der Waals surface area contributed by atoms with E-state index >= 15 is 0 Å². The number of carbonyl (C=O) groups excluding carboxylic acids is 1. The van der Waals surface area contributed by atoms with E-state index in [1.165, 1.54) is 12.1 Å². The number of hydrogen-bond donors (Lipinski definition) is 1. The molecule has 0 saturated carbocycles. The lowest BCUT2D eigenvalue weighted by Gasteiger charge is -2.30. The summed E-state index contributed by atoms with van der Waals surface area (Å²) in [7, 11) is 0. The van der Waals surface area contributed by atoms with Gasteiger partial charge < -0.3 is 5.11 Å². The molecule has 0 unspecified atom stereocenters. The minimum Gasteiger partial charge on any atom is -0.376 e. The number of carbonyl (C=O) groups is 1.